The predicted octanol–water partition coefficient (Wildman–Crippen LogP) is 6.60. The summed E-state index contributed by atoms with van der Waals surface area (Å²) in [5, 5.41) is 0.722. The summed E-state index contributed by atoms with van der Waals surface area (Å²) in [5.74, 6) is 3.80. The zero-order valence-corrected chi connectivity index (χ0v) is 22.9. The van der Waals surface area contributed by atoms with Gasteiger partial charge in [0.25, 0.3) is 0 Å². The number of likely N-dealkylation sites (tertiary alicyclic amines) is 1. The van der Waals surface area contributed by atoms with E-state index in [0.717, 1.165) is 53.1 Å². The fourth-order valence-electron chi connectivity index (χ4n) is 9.88. The third-order valence-corrected chi connectivity index (χ3v) is 12.1. The summed E-state index contributed by atoms with van der Waals surface area (Å²) in [7, 11) is 4.39. The van der Waals surface area contributed by atoms with E-state index in [4.69, 9.17) is 11.6 Å². The van der Waals surface area contributed by atoms with Crippen molar-refractivity contribution in [2.75, 3.05) is 20.6 Å². The highest BCUT2D eigenvalue weighted by atomic mass is 35.5. The Balaban J connectivity index is 1.17. The highest BCUT2D eigenvalue weighted by Gasteiger charge is 2.64. The first kappa shape index (κ1) is 24.0. The molecule has 3 saturated carbocycles. The average molecular weight is 495 g/mol. The van der Waals surface area contributed by atoms with Gasteiger partial charge in [-0.05, 0) is 118 Å². The van der Waals surface area contributed by atoms with E-state index in [1.807, 2.05) is 36.2 Å². The van der Waals surface area contributed by atoms with Gasteiger partial charge in [0.1, 0.15) is 0 Å². The summed E-state index contributed by atoms with van der Waals surface area (Å²) in [4.78, 5) is 17.8. The van der Waals surface area contributed by atoms with Gasteiger partial charge in [-0.2, -0.15) is 0 Å². The van der Waals surface area contributed by atoms with Gasteiger partial charge >= 0.3 is 0 Å². The number of nitrogens with zero attached hydrogens (tertiary/aromatic N) is 2. The van der Waals surface area contributed by atoms with E-state index in [2.05, 4.69) is 31.9 Å². The van der Waals surface area contributed by atoms with Crippen LogP contribution in [0.5, 0.6) is 0 Å². The lowest BCUT2D eigenvalue weighted by molar-refractivity contribution is -0.132. The summed E-state index contributed by atoms with van der Waals surface area (Å²) in [6, 6.07) is 8.80. The Kier molecular flexibility index (Phi) is 5.92. The molecule has 1 aromatic carbocycles. The van der Waals surface area contributed by atoms with Crippen LogP contribution in [0.1, 0.15) is 70.8 Å². The summed E-state index contributed by atoms with van der Waals surface area (Å²) >= 11 is 6.02. The molecule has 4 heteroatoms. The minimum Gasteiger partial charge on any atom is -0.342 e. The number of hydrogen-bond acceptors (Lipinski definition) is 2. The monoisotopic (exact) mass is 494 g/mol. The first-order chi connectivity index (χ1) is 16.7. The molecule has 3 nitrogen and oxygen atoms in total. The number of halogens is 1. The van der Waals surface area contributed by atoms with Crippen LogP contribution in [0.4, 0.5) is 0 Å². The van der Waals surface area contributed by atoms with Crippen LogP contribution in [0.3, 0.4) is 0 Å². The summed E-state index contributed by atoms with van der Waals surface area (Å²) in [6.07, 6.45) is 13.6. The summed E-state index contributed by atoms with van der Waals surface area (Å²) in [6.45, 7) is 6.41. The molecule has 1 unspecified atom stereocenters. The van der Waals surface area contributed by atoms with Crippen LogP contribution in [-0.2, 0) is 11.2 Å². The smallest absolute Gasteiger partial charge is 0.226 e. The maximum Gasteiger partial charge on any atom is 0.226 e. The van der Waals surface area contributed by atoms with Crippen LogP contribution in [-0.4, -0.2) is 48.4 Å². The molecule has 1 amide bonds. The third kappa shape index (κ3) is 3.66. The lowest BCUT2D eigenvalue weighted by Crippen LogP contribution is -2.53. The van der Waals surface area contributed by atoms with E-state index in [9.17, 15) is 4.79 Å². The topological polar surface area (TPSA) is 23.6 Å². The maximum absolute atomic E-state index is 13.1. The molecular formula is C31H43ClN2O. The molecule has 1 aliphatic heterocycles. The minimum atomic E-state index is 0.228. The van der Waals surface area contributed by atoms with Crippen LogP contribution in [0, 0.1) is 34.5 Å². The largest absolute Gasteiger partial charge is 0.342 e. The lowest BCUT2D eigenvalue weighted by atomic mass is 9.47. The van der Waals surface area contributed by atoms with E-state index in [1.54, 1.807) is 5.57 Å². The van der Waals surface area contributed by atoms with E-state index in [1.165, 1.54) is 45.1 Å². The van der Waals surface area contributed by atoms with Crippen molar-refractivity contribution in [2.45, 2.75) is 83.7 Å². The minimum absolute atomic E-state index is 0.228. The molecule has 5 aliphatic rings. The summed E-state index contributed by atoms with van der Waals surface area (Å²) in [5.41, 5.74) is 3.66. The molecule has 8 atom stereocenters. The number of allylic oxidation sites excluding steroid dienone is 1. The molecule has 4 aliphatic carbocycles. The Morgan fingerprint density at radius 3 is 2.60 bits per heavy atom. The van der Waals surface area contributed by atoms with Crippen molar-refractivity contribution in [2.24, 2.45) is 34.5 Å². The van der Waals surface area contributed by atoms with Crippen molar-refractivity contribution in [1.29, 1.82) is 0 Å². The number of likely N-dealkylation sites (N-methyl/N-ethyl adjacent to an activating group) is 1. The van der Waals surface area contributed by atoms with Crippen LogP contribution in [0.25, 0.3) is 0 Å². The molecular weight excluding hydrogens is 452 g/mol. The Bertz CT molecular complexity index is 1020. The molecule has 190 valence electrons. The molecule has 1 spiro atoms. The van der Waals surface area contributed by atoms with E-state index in [0.29, 0.717) is 23.3 Å². The molecule has 0 radical (unpaired) electrons. The number of rotatable bonds is 3. The molecule has 0 N–H and O–H groups in total. The molecule has 4 fully saturated rings. The van der Waals surface area contributed by atoms with Crippen LogP contribution in [0.15, 0.2) is 35.9 Å². The Morgan fingerprint density at radius 1 is 1.09 bits per heavy atom. The number of carbonyl (C=O) groups is 1. The van der Waals surface area contributed by atoms with Crippen molar-refractivity contribution >= 4 is 17.5 Å². The predicted molar refractivity (Wildman–Crippen MR) is 143 cm³/mol. The highest BCUT2D eigenvalue weighted by molar-refractivity contribution is 6.30. The third-order valence-electron chi connectivity index (χ3n) is 11.9. The molecule has 0 bridgehead atoms. The Hall–Kier alpha value is -1.32. The first-order valence-corrected chi connectivity index (χ1v) is 14.5. The van der Waals surface area contributed by atoms with Gasteiger partial charge in [-0.3, -0.25) is 4.79 Å². The van der Waals surface area contributed by atoms with E-state index in [-0.39, 0.29) is 5.91 Å². The quantitative estimate of drug-likeness (QED) is 0.442. The van der Waals surface area contributed by atoms with Gasteiger partial charge in [-0.25, -0.2) is 0 Å². The normalized spacial score (nSPS) is 42.5. The fraction of sp³-hybridized carbons (Fsp3) is 0.710. The number of fused-ring (bicyclic) bond motifs is 4. The second-order valence-electron chi connectivity index (χ2n) is 13.1. The molecule has 1 aromatic rings. The number of benzene rings is 1. The van der Waals surface area contributed by atoms with Gasteiger partial charge in [-0.1, -0.05) is 42.3 Å². The van der Waals surface area contributed by atoms with Crippen LogP contribution >= 0.6 is 11.6 Å². The van der Waals surface area contributed by atoms with E-state index < -0.39 is 0 Å². The standard InChI is InChI=1S/C31H43ClN2O/c1-20-26-11-12-28-25-10-7-22-18-24(34(4)29(35)17-21-5-8-23(32)9-6-21)13-15-30(22,2)27(25)14-16-31(26,28)19-33(20)3/h5-9,20,24-28H,10-19H2,1-4H3/t20-,24-,25+,26+,27?,28-,30-,31-/m0/s1. The maximum atomic E-state index is 13.1. The van der Waals surface area contributed by atoms with Crippen LogP contribution in [0.2, 0.25) is 5.02 Å². The van der Waals surface area contributed by atoms with Gasteiger partial charge in [-0.15, -0.1) is 0 Å². The van der Waals surface area contributed by atoms with Gasteiger partial charge in [0.05, 0.1) is 6.42 Å². The number of amides is 1. The second kappa shape index (κ2) is 8.62. The number of carbonyl (C=O) groups excluding carboxylic acids is 1. The zero-order valence-electron chi connectivity index (χ0n) is 22.1. The van der Waals surface area contributed by atoms with Crippen molar-refractivity contribution in [3.05, 3.63) is 46.5 Å². The van der Waals surface area contributed by atoms with E-state index >= 15 is 0 Å². The lowest BCUT2D eigenvalue weighted by Gasteiger charge is -2.58. The number of hydrogen-bond donors (Lipinski definition) is 0. The molecule has 1 heterocycles. The fourth-order valence-corrected chi connectivity index (χ4v) is 10.0. The Labute approximate surface area is 217 Å². The highest BCUT2D eigenvalue weighted by Crippen LogP contribution is 2.68. The second-order valence-corrected chi connectivity index (χ2v) is 13.5. The summed E-state index contributed by atoms with van der Waals surface area (Å²) < 4.78 is 0. The van der Waals surface area contributed by atoms with Crippen molar-refractivity contribution in [1.82, 2.24) is 9.80 Å². The van der Waals surface area contributed by atoms with Crippen molar-refractivity contribution < 1.29 is 4.79 Å². The SMILES string of the molecule is C[C@H]1[C@H]2CC[C@H]3[C@@H]4CC=C5C[C@@H](N(C)C(=O)Cc6ccc(Cl)cc6)CC[C@]5(C)C4CC[C@]23CN1C. The van der Waals surface area contributed by atoms with Crippen molar-refractivity contribution in [3.8, 4) is 0 Å². The first-order valence-electron chi connectivity index (χ1n) is 14.1. The zero-order chi connectivity index (χ0) is 24.5. The Morgan fingerprint density at radius 2 is 1.83 bits per heavy atom. The molecule has 6 rings (SSSR count). The molecule has 0 aromatic heterocycles. The molecule has 1 saturated heterocycles. The van der Waals surface area contributed by atoms with Crippen LogP contribution < -0.4 is 0 Å². The van der Waals surface area contributed by atoms with Gasteiger partial charge in [0.15, 0.2) is 0 Å². The van der Waals surface area contributed by atoms with Gasteiger partial charge < -0.3 is 9.80 Å². The van der Waals surface area contributed by atoms with Gasteiger partial charge in [0.2, 0.25) is 5.91 Å². The van der Waals surface area contributed by atoms with Crippen molar-refractivity contribution in [3.63, 3.8) is 0 Å². The van der Waals surface area contributed by atoms with Gasteiger partial charge in [0, 0.05) is 30.7 Å². The average Bonchev–Trinajstić information content (AvgIpc) is 3.33. The molecule has 35 heavy (non-hydrogen) atoms.